The van der Waals surface area contributed by atoms with Crippen LogP contribution in [0.4, 0.5) is 0 Å². The molecular formula is C72H141NO5. The molecule has 0 saturated heterocycles. The lowest BCUT2D eigenvalue weighted by Crippen LogP contribution is -2.45. The third-order valence-electron chi connectivity index (χ3n) is 17.1. The number of carbonyl (C=O) groups is 2. The highest BCUT2D eigenvalue weighted by Crippen LogP contribution is 2.19. The summed E-state index contributed by atoms with van der Waals surface area (Å²) in [5.74, 6) is -0.0380. The summed E-state index contributed by atoms with van der Waals surface area (Å²) in [6, 6.07) is -0.624. The molecule has 0 heterocycles. The quantitative estimate of drug-likeness (QED) is 0.0320. The van der Waals surface area contributed by atoms with Crippen molar-refractivity contribution >= 4 is 11.9 Å². The minimum absolute atomic E-state index is 0.0242. The molecule has 0 radical (unpaired) electrons. The maximum Gasteiger partial charge on any atom is 0.305 e. The lowest BCUT2D eigenvalue weighted by atomic mass is 10.0. The molecule has 0 aliphatic heterocycles. The third kappa shape index (κ3) is 63.8. The van der Waals surface area contributed by atoms with Crippen LogP contribution in [0.1, 0.15) is 412 Å². The maximum atomic E-state index is 12.5. The van der Waals surface area contributed by atoms with Gasteiger partial charge in [0.25, 0.3) is 0 Å². The minimum Gasteiger partial charge on any atom is -0.466 e. The summed E-state index contributed by atoms with van der Waals surface area (Å²) in [4.78, 5) is 24.6. The number of nitrogens with one attached hydrogen (secondary N) is 1. The zero-order valence-electron chi connectivity index (χ0n) is 53.2. The van der Waals surface area contributed by atoms with Crippen molar-refractivity contribution in [3.8, 4) is 0 Å². The van der Waals surface area contributed by atoms with E-state index in [1.54, 1.807) is 6.08 Å². The molecule has 0 aliphatic rings. The number of amides is 1. The van der Waals surface area contributed by atoms with Gasteiger partial charge in [-0.2, -0.15) is 0 Å². The van der Waals surface area contributed by atoms with E-state index in [2.05, 4.69) is 19.2 Å². The van der Waals surface area contributed by atoms with Crippen molar-refractivity contribution < 1.29 is 24.5 Å². The van der Waals surface area contributed by atoms with Crippen LogP contribution in [-0.4, -0.2) is 47.4 Å². The molecule has 3 N–H and O–H groups in total. The maximum absolute atomic E-state index is 12.5. The summed E-state index contributed by atoms with van der Waals surface area (Å²) in [6.07, 6.45) is 84.5. The van der Waals surface area contributed by atoms with Crippen molar-refractivity contribution in [2.24, 2.45) is 0 Å². The second-order valence-corrected chi connectivity index (χ2v) is 24.9. The number of allylic oxidation sites excluding steroid dienone is 1. The van der Waals surface area contributed by atoms with Gasteiger partial charge < -0.3 is 20.3 Å². The van der Waals surface area contributed by atoms with E-state index in [-0.39, 0.29) is 18.5 Å². The van der Waals surface area contributed by atoms with E-state index in [4.69, 9.17) is 4.74 Å². The molecule has 0 aliphatic carbocycles. The molecule has 0 aromatic carbocycles. The molecule has 0 fully saturated rings. The minimum atomic E-state index is -0.841. The van der Waals surface area contributed by atoms with Gasteiger partial charge in [0.1, 0.15) is 0 Å². The highest BCUT2D eigenvalue weighted by atomic mass is 16.5. The smallest absolute Gasteiger partial charge is 0.305 e. The van der Waals surface area contributed by atoms with Gasteiger partial charge in [-0.1, -0.05) is 379 Å². The van der Waals surface area contributed by atoms with E-state index in [9.17, 15) is 19.8 Å². The van der Waals surface area contributed by atoms with Crippen LogP contribution in [0.25, 0.3) is 0 Å². The molecule has 0 saturated carbocycles. The molecule has 6 nitrogen and oxygen atoms in total. The van der Waals surface area contributed by atoms with Crippen molar-refractivity contribution in [3.63, 3.8) is 0 Å². The number of carbonyl (C=O) groups excluding carboxylic acids is 2. The van der Waals surface area contributed by atoms with Crippen molar-refractivity contribution in [1.29, 1.82) is 0 Å². The Labute approximate surface area is 489 Å². The zero-order valence-corrected chi connectivity index (χ0v) is 53.2. The first kappa shape index (κ1) is 76.6. The van der Waals surface area contributed by atoms with Crippen molar-refractivity contribution in [1.82, 2.24) is 5.32 Å². The molecule has 2 unspecified atom stereocenters. The number of unbranched alkanes of at least 4 members (excludes halogenated alkanes) is 57. The standard InChI is InChI=1S/C72H141NO5/c1-3-5-7-9-11-13-15-17-19-20-31-35-38-42-46-50-54-58-62-66-72(77)78-67-63-59-55-51-47-43-39-36-33-30-28-26-24-22-21-23-25-27-29-32-34-37-41-45-49-53-57-61-65-71(76)73-69(68-74)70(75)64-60-56-52-48-44-40-18-16-14-12-10-8-6-4-2/h60,64,69-70,74-75H,3-59,61-63,65-68H2,1-2H3,(H,73,76)/b64-60+. The molecule has 0 aromatic rings. The largest absolute Gasteiger partial charge is 0.466 e. The summed E-state index contributed by atoms with van der Waals surface area (Å²) >= 11 is 0. The lowest BCUT2D eigenvalue weighted by Gasteiger charge is -2.20. The van der Waals surface area contributed by atoms with E-state index >= 15 is 0 Å². The van der Waals surface area contributed by atoms with Gasteiger partial charge in [0.2, 0.25) is 5.91 Å². The first-order valence-electron chi connectivity index (χ1n) is 36.0. The van der Waals surface area contributed by atoms with Crippen LogP contribution in [0.3, 0.4) is 0 Å². The summed E-state index contributed by atoms with van der Waals surface area (Å²) in [7, 11) is 0. The molecule has 0 aromatic heterocycles. The van der Waals surface area contributed by atoms with Crippen molar-refractivity contribution in [3.05, 3.63) is 12.2 Å². The molecule has 78 heavy (non-hydrogen) atoms. The Balaban J connectivity index is 3.32. The monoisotopic (exact) mass is 1100 g/mol. The van der Waals surface area contributed by atoms with Crippen LogP contribution in [-0.2, 0) is 14.3 Å². The first-order chi connectivity index (χ1) is 38.5. The van der Waals surface area contributed by atoms with Crippen molar-refractivity contribution in [2.45, 2.75) is 424 Å². The second kappa shape index (κ2) is 68.1. The second-order valence-electron chi connectivity index (χ2n) is 24.9. The van der Waals surface area contributed by atoms with Gasteiger partial charge in [0.05, 0.1) is 25.4 Å². The number of esters is 1. The average molecular weight is 1100 g/mol. The summed E-state index contributed by atoms with van der Waals surface area (Å²) in [5, 5.41) is 23.1. The van der Waals surface area contributed by atoms with Crippen LogP contribution in [0.5, 0.6) is 0 Å². The Morgan fingerprint density at radius 1 is 0.346 bits per heavy atom. The topological polar surface area (TPSA) is 95.9 Å². The van der Waals surface area contributed by atoms with Gasteiger partial charge in [0, 0.05) is 12.8 Å². The number of hydrogen-bond acceptors (Lipinski definition) is 5. The van der Waals surface area contributed by atoms with Crippen LogP contribution in [0.2, 0.25) is 0 Å². The first-order valence-corrected chi connectivity index (χ1v) is 36.0. The Bertz CT molecular complexity index is 1180. The molecule has 0 spiro atoms. The van der Waals surface area contributed by atoms with E-state index in [0.717, 1.165) is 38.5 Å². The third-order valence-corrected chi connectivity index (χ3v) is 17.1. The fraction of sp³-hybridized carbons (Fsp3) is 0.944. The predicted octanol–water partition coefficient (Wildman–Crippen LogP) is 23.1. The van der Waals surface area contributed by atoms with Gasteiger partial charge in [-0.3, -0.25) is 9.59 Å². The average Bonchev–Trinajstić information content (AvgIpc) is 3.44. The van der Waals surface area contributed by atoms with Crippen LogP contribution < -0.4 is 5.32 Å². The zero-order chi connectivity index (χ0) is 56.4. The normalized spacial score (nSPS) is 12.5. The summed E-state index contributed by atoms with van der Waals surface area (Å²) in [6.45, 7) is 4.95. The molecule has 0 rings (SSSR count). The fourth-order valence-corrected chi connectivity index (χ4v) is 11.6. The highest BCUT2D eigenvalue weighted by molar-refractivity contribution is 5.76. The van der Waals surface area contributed by atoms with E-state index < -0.39 is 12.1 Å². The summed E-state index contributed by atoms with van der Waals surface area (Å²) < 4.78 is 5.52. The molecule has 0 bridgehead atoms. The Hall–Kier alpha value is -1.40. The van der Waals surface area contributed by atoms with Crippen LogP contribution in [0.15, 0.2) is 12.2 Å². The molecular weight excluding hydrogens is 959 g/mol. The number of aliphatic hydroxyl groups excluding tert-OH is 2. The number of ether oxygens (including phenoxy) is 1. The Kier molecular flexibility index (Phi) is 66.9. The lowest BCUT2D eigenvalue weighted by molar-refractivity contribution is -0.143. The fourth-order valence-electron chi connectivity index (χ4n) is 11.6. The molecule has 6 heteroatoms. The number of aliphatic hydroxyl groups is 2. The van der Waals surface area contributed by atoms with Gasteiger partial charge in [-0.15, -0.1) is 0 Å². The van der Waals surface area contributed by atoms with Crippen LogP contribution in [0, 0.1) is 0 Å². The molecule has 464 valence electrons. The Morgan fingerprint density at radius 3 is 0.872 bits per heavy atom. The molecule has 1 amide bonds. The summed E-state index contributed by atoms with van der Waals surface area (Å²) in [5.41, 5.74) is 0. The molecule has 2 atom stereocenters. The Morgan fingerprint density at radius 2 is 0.590 bits per heavy atom. The number of rotatable bonds is 68. The van der Waals surface area contributed by atoms with Gasteiger partial charge in [-0.25, -0.2) is 0 Å². The van der Waals surface area contributed by atoms with E-state index in [1.807, 2.05) is 6.08 Å². The van der Waals surface area contributed by atoms with E-state index in [1.165, 1.54) is 347 Å². The highest BCUT2D eigenvalue weighted by Gasteiger charge is 2.18. The SMILES string of the molecule is CCCCCCCCCCCCCC/C=C/C(O)C(CO)NC(=O)CCCCCCCCCCCCCCCCCCCCCCCCCCCCCCOC(=O)CCCCCCCCCCCCCCCCCCCCC. The van der Waals surface area contributed by atoms with E-state index in [0.29, 0.717) is 19.4 Å². The predicted molar refractivity (Wildman–Crippen MR) is 343 cm³/mol. The van der Waals surface area contributed by atoms with Gasteiger partial charge in [0.15, 0.2) is 0 Å². The van der Waals surface area contributed by atoms with Crippen molar-refractivity contribution in [2.75, 3.05) is 13.2 Å². The number of hydrogen-bond donors (Lipinski definition) is 3. The van der Waals surface area contributed by atoms with Gasteiger partial charge >= 0.3 is 5.97 Å². The van der Waals surface area contributed by atoms with Gasteiger partial charge in [-0.05, 0) is 32.1 Å². The van der Waals surface area contributed by atoms with Crippen LogP contribution >= 0.6 is 0 Å².